The topological polar surface area (TPSA) is 33.7 Å². The van der Waals surface area contributed by atoms with Crippen LogP contribution < -0.4 is 14.8 Å². The summed E-state index contributed by atoms with van der Waals surface area (Å²) in [5, 5.41) is 3.82. The van der Waals surface area contributed by atoms with Crippen molar-refractivity contribution < 1.29 is 9.47 Å². The van der Waals surface area contributed by atoms with Crippen LogP contribution in [0.5, 0.6) is 11.5 Å². The average molecular weight is 288 g/mol. The van der Waals surface area contributed by atoms with Crippen molar-refractivity contribution in [2.45, 2.75) is 50.7 Å². The van der Waals surface area contributed by atoms with E-state index in [4.69, 9.17) is 9.47 Å². The number of hydrogen-bond donors (Lipinski definition) is 1. The zero-order chi connectivity index (χ0) is 14.2. The Morgan fingerprint density at radius 2 is 2.10 bits per heavy atom. The predicted octanol–water partition coefficient (Wildman–Crippen LogP) is 2.69. The maximum absolute atomic E-state index is 5.48. The van der Waals surface area contributed by atoms with Crippen molar-refractivity contribution in [2.24, 2.45) is 0 Å². The molecule has 3 atom stereocenters. The molecule has 21 heavy (non-hydrogen) atoms. The molecule has 3 unspecified atom stereocenters. The minimum Gasteiger partial charge on any atom is -0.454 e. The number of nitrogens with zero attached hydrogens (tertiary/aromatic N) is 1. The lowest BCUT2D eigenvalue weighted by Crippen LogP contribution is -2.46. The van der Waals surface area contributed by atoms with Gasteiger partial charge in [-0.15, -0.1) is 0 Å². The van der Waals surface area contributed by atoms with Gasteiger partial charge in [0.1, 0.15) is 0 Å². The van der Waals surface area contributed by atoms with Gasteiger partial charge in [-0.3, -0.25) is 0 Å². The van der Waals surface area contributed by atoms with Crippen LogP contribution in [-0.4, -0.2) is 36.9 Å². The number of nitrogens with one attached hydrogen (secondary N) is 1. The molecule has 4 nitrogen and oxygen atoms in total. The molecular formula is C17H24N2O2. The van der Waals surface area contributed by atoms with Crippen LogP contribution in [-0.2, 0) is 0 Å². The maximum atomic E-state index is 5.48. The molecule has 0 aliphatic carbocycles. The molecule has 0 spiro atoms. The second-order valence-electron chi connectivity index (χ2n) is 6.55. The number of hydrogen-bond acceptors (Lipinski definition) is 4. The summed E-state index contributed by atoms with van der Waals surface area (Å²) in [4.78, 5) is 2.67. The summed E-state index contributed by atoms with van der Waals surface area (Å²) in [6.45, 7) is 5.17. The van der Waals surface area contributed by atoms with Crippen molar-refractivity contribution in [3.05, 3.63) is 23.8 Å². The molecule has 2 fully saturated rings. The Kier molecular flexibility index (Phi) is 3.51. The van der Waals surface area contributed by atoms with Gasteiger partial charge in [0, 0.05) is 18.1 Å². The highest BCUT2D eigenvalue weighted by Crippen LogP contribution is 2.34. The lowest BCUT2D eigenvalue weighted by Gasteiger charge is -2.36. The van der Waals surface area contributed by atoms with E-state index in [-0.39, 0.29) is 0 Å². The molecule has 114 valence electrons. The highest BCUT2D eigenvalue weighted by atomic mass is 16.7. The van der Waals surface area contributed by atoms with E-state index in [1.165, 1.54) is 44.3 Å². The van der Waals surface area contributed by atoms with Crippen LogP contribution in [0.1, 0.15) is 44.2 Å². The van der Waals surface area contributed by atoms with E-state index in [1.54, 1.807) is 0 Å². The van der Waals surface area contributed by atoms with Gasteiger partial charge in [-0.1, -0.05) is 6.07 Å². The first-order chi connectivity index (χ1) is 10.3. The van der Waals surface area contributed by atoms with Crippen LogP contribution in [0.15, 0.2) is 18.2 Å². The average Bonchev–Trinajstić information content (AvgIpc) is 3.14. The van der Waals surface area contributed by atoms with E-state index in [0.29, 0.717) is 18.9 Å². The normalized spacial score (nSPS) is 29.4. The fourth-order valence-electron chi connectivity index (χ4n) is 4.01. The Morgan fingerprint density at radius 3 is 3.05 bits per heavy atom. The van der Waals surface area contributed by atoms with Crippen molar-refractivity contribution in [1.29, 1.82) is 0 Å². The van der Waals surface area contributed by atoms with E-state index in [9.17, 15) is 0 Å². The van der Waals surface area contributed by atoms with Crippen LogP contribution in [0.4, 0.5) is 0 Å². The Bertz CT molecular complexity index is 520. The number of piperidine rings is 1. The zero-order valence-electron chi connectivity index (χ0n) is 12.7. The first-order valence-electron chi connectivity index (χ1n) is 8.19. The Hall–Kier alpha value is -1.26. The van der Waals surface area contributed by atoms with Gasteiger partial charge in [-0.25, -0.2) is 0 Å². The fourth-order valence-corrected chi connectivity index (χ4v) is 4.01. The molecule has 1 N–H and O–H groups in total. The first-order valence-corrected chi connectivity index (χ1v) is 8.19. The molecule has 0 aromatic heterocycles. The van der Waals surface area contributed by atoms with E-state index in [2.05, 4.69) is 29.3 Å². The monoisotopic (exact) mass is 288 g/mol. The third-order valence-corrected chi connectivity index (χ3v) is 5.20. The summed E-state index contributed by atoms with van der Waals surface area (Å²) < 4.78 is 10.9. The first kappa shape index (κ1) is 13.4. The highest BCUT2D eigenvalue weighted by Gasteiger charge is 2.32. The molecule has 4 heteroatoms. The molecule has 3 heterocycles. The minimum absolute atomic E-state index is 0.348. The zero-order valence-corrected chi connectivity index (χ0v) is 12.7. The Labute approximate surface area is 126 Å². The van der Waals surface area contributed by atoms with E-state index in [1.807, 2.05) is 6.07 Å². The number of fused-ring (bicyclic) bond motifs is 2. The number of rotatable bonds is 3. The second kappa shape index (κ2) is 5.50. The number of benzene rings is 1. The van der Waals surface area contributed by atoms with Gasteiger partial charge in [0.2, 0.25) is 6.79 Å². The molecule has 2 saturated heterocycles. The fraction of sp³-hybridized carbons (Fsp3) is 0.647. The SMILES string of the molecule is CC(NC1CCN2CCCC2C1)c1ccc2c(c1)OCO2. The smallest absolute Gasteiger partial charge is 0.231 e. The van der Waals surface area contributed by atoms with E-state index in [0.717, 1.165) is 17.5 Å². The van der Waals surface area contributed by atoms with Crippen molar-refractivity contribution in [2.75, 3.05) is 19.9 Å². The van der Waals surface area contributed by atoms with E-state index < -0.39 is 0 Å². The quantitative estimate of drug-likeness (QED) is 0.927. The van der Waals surface area contributed by atoms with E-state index >= 15 is 0 Å². The van der Waals surface area contributed by atoms with Gasteiger partial charge in [-0.05, 0) is 63.4 Å². The molecule has 0 amide bonds. The Morgan fingerprint density at radius 1 is 1.19 bits per heavy atom. The molecule has 3 aliphatic heterocycles. The van der Waals surface area contributed by atoms with Crippen LogP contribution in [0, 0.1) is 0 Å². The molecular weight excluding hydrogens is 264 g/mol. The van der Waals surface area contributed by atoms with Crippen LogP contribution >= 0.6 is 0 Å². The molecule has 4 rings (SSSR count). The third-order valence-electron chi connectivity index (χ3n) is 5.20. The highest BCUT2D eigenvalue weighted by molar-refractivity contribution is 5.45. The van der Waals surface area contributed by atoms with Gasteiger partial charge < -0.3 is 19.7 Å². The molecule has 0 radical (unpaired) electrons. The molecule has 3 aliphatic rings. The molecule has 1 aromatic rings. The summed E-state index contributed by atoms with van der Waals surface area (Å²) >= 11 is 0. The van der Waals surface area contributed by atoms with Gasteiger partial charge in [0.05, 0.1) is 0 Å². The van der Waals surface area contributed by atoms with Crippen molar-refractivity contribution in [1.82, 2.24) is 10.2 Å². The third kappa shape index (κ3) is 2.62. The van der Waals surface area contributed by atoms with Crippen molar-refractivity contribution in [3.63, 3.8) is 0 Å². The predicted molar refractivity (Wildman–Crippen MR) is 81.7 cm³/mol. The number of ether oxygens (including phenoxy) is 2. The summed E-state index contributed by atoms with van der Waals surface area (Å²) in [6, 6.07) is 8.11. The molecule has 0 bridgehead atoms. The largest absolute Gasteiger partial charge is 0.454 e. The summed E-state index contributed by atoms with van der Waals surface area (Å²) in [5.74, 6) is 1.75. The summed E-state index contributed by atoms with van der Waals surface area (Å²) in [7, 11) is 0. The van der Waals surface area contributed by atoms with Gasteiger partial charge in [-0.2, -0.15) is 0 Å². The van der Waals surface area contributed by atoms with Gasteiger partial charge in [0.15, 0.2) is 11.5 Å². The van der Waals surface area contributed by atoms with Crippen LogP contribution in [0.3, 0.4) is 0 Å². The van der Waals surface area contributed by atoms with Crippen molar-refractivity contribution in [3.8, 4) is 11.5 Å². The second-order valence-corrected chi connectivity index (χ2v) is 6.55. The van der Waals surface area contributed by atoms with Crippen LogP contribution in [0.2, 0.25) is 0 Å². The lowest BCUT2D eigenvalue weighted by atomic mass is 9.96. The maximum Gasteiger partial charge on any atom is 0.231 e. The molecule has 1 aromatic carbocycles. The van der Waals surface area contributed by atoms with Gasteiger partial charge in [0.25, 0.3) is 0 Å². The Balaban J connectivity index is 1.40. The lowest BCUT2D eigenvalue weighted by molar-refractivity contribution is 0.162. The summed E-state index contributed by atoms with van der Waals surface area (Å²) in [5.41, 5.74) is 1.29. The molecule has 0 saturated carbocycles. The van der Waals surface area contributed by atoms with Crippen molar-refractivity contribution >= 4 is 0 Å². The standard InChI is InChI=1S/C17H24N2O2/c1-12(13-4-5-16-17(9-13)21-11-20-16)18-14-6-8-19-7-2-3-15(19)10-14/h4-5,9,12,14-15,18H,2-3,6-8,10-11H2,1H3. The minimum atomic E-state index is 0.348. The van der Waals surface area contributed by atoms with Crippen LogP contribution in [0.25, 0.3) is 0 Å². The summed E-state index contributed by atoms with van der Waals surface area (Å²) in [6.07, 6.45) is 5.34. The van der Waals surface area contributed by atoms with Gasteiger partial charge >= 0.3 is 0 Å².